The smallest absolute Gasteiger partial charge is 0.347 e. The molecule has 0 bridgehead atoms. The Morgan fingerprint density at radius 3 is 2.79 bits per heavy atom. The third-order valence-corrected chi connectivity index (χ3v) is 4.40. The summed E-state index contributed by atoms with van der Waals surface area (Å²) in [7, 11) is 0. The molecular weight excluding hydrogens is 284 g/mol. The number of carboxylic acids is 1. The number of fused-ring (bicyclic) bond motifs is 1. The molecule has 14 heavy (non-hydrogen) atoms. The topological polar surface area (TPSA) is 37.3 Å². The van der Waals surface area contributed by atoms with Crippen LogP contribution >= 0.6 is 39.9 Å². The number of benzene rings is 1. The van der Waals surface area contributed by atoms with Crippen LogP contribution in [0.3, 0.4) is 0 Å². The van der Waals surface area contributed by atoms with Gasteiger partial charge in [0.25, 0.3) is 0 Å². The van der Waals surface area contributed by atoms with Gasteiger partial charge in [-0.3, -0.25) is 0 Å². The van der Waals surface area contributed by atoms with Gasteiger partial charge in [-0.1, -0.05) is 6.07 Å². The molecule has 72 valence electrons. The summed E-state index contributed by atoms with van der Waals surface area (Å²) in [5.41, 5.74) is 0. The summed E-state index contributed by atoms with van der Waals surface area (Å²) in [5.74, 6) is -0.911. The monoisotopic (exact) mass is 288 g/mol. The van der Waals surface area contributed by atoms with Gasteiger partial charge in [0.15, 0.2) is 0 Å². The quantitative estimate of drug-likeness (QED) is 0.786. The molecule has 0 saturated carbocycles. The molecule has 1 aromatic heterocycles. The van der Waals surface area contributed by atoms with E-state index in [9.17, 15) is 4.79 Å². The maximum Gasteiger partial charge on any atom is 0.347 e. The molecular formula is C9H5BrO2S2. The minimum atomic E-state index is -0.911. The number of halogens is 1. The molecule has 1 heterocycles. The van der Waals surface area contributed by atoms with Crippen molar-refractivity contribution in [1.82, 2.24) is 0 Å². The Morgan fingerprint density at radius 1 is 1.50 bits per heavy atom. The standard InChI is InChI=1S/C9H5BrO2S2/c10-7-6-4(13)2-1-3-5(6)14-8(7)9(11)12/h1-3,13H,(H,11,12). The first-order valence-corrected chi connectivity index (χ1v) is 5.80. The highest BCUT2D eigenvalue weighted by Gasteiger charge is 2.16. The summed E-state index contributed by atoms with van der Waals surface area (Å²) >= 11 is 8.82. The third kappa shape index (κ3) is 1.45. The van der Waals surface area contributed by atoms with Crippen molar-refractivity contribution in [2.24, 2.45) is 0 Å². The number of carbonyl (C=O) groups is 1. The number of thiophene rings is 1. The highest BCUT2D eigenvalue weighted by Crippen LogP contribution is 2.38. The molecule has 0 aliphatic heterocycles. The zero-order valence-electron chi connectivity index (χ0n) is 6.82. The van der Waals surface area contributed by atoms with Crippen LogP contribution in [0.1, 0.15) is 9.67 Å². The van der Waals surface area contributed by atoms with E-state index in [1.165, 1.54) is 11.3 Å². The minimum absolute atomic E-state index is 0.321. The van der Waals surface area contributed by atoms with Crippen molar-refractivity contribution in [3.8, 4) is 0 Å². The van der Waals surface area contributed by atoms with E-state index in [1.54, 1.807) is 0 Å². The summed E-state index contributed by atoms with van der Waals surface area (Å²) in [4.78, 5) is 12.0. The van der Waals surface area contributed by atoms with Gasteiger partial charge in [-0.25, -0.2) is 4.79 Å². The van der Waals surface area contributed by atoms with Crippen LogP contribution in [0.5, 0.6) is 0 Å². The lowest BCUT2D eigenvalue weighted by Gasteiger charge is -1.94. The van der Waals surface area contributed by atoms with E-state index < -0.39 is 5.97 Å². The van der Waals surface area contributed by atoms with Crippen LogP contribution in [-0.2, 0) is 0 Å². The normalized spacial score (nSPS) is 10.7. The number of hydrogen-bond donors (Lipinski definition) is 2. The summed E-state index contributed by atoms with van der Waals surface area (Å²) in [6.07, 6.45) is 0. The molecule has 2 aromatic rings. The molecule has 1 N–H and O–H groups in total. The van der Waals surface area contributed by atoms with E-state index in [0.29, 0.717) is 9.35 Å². The molecule has 0 amide bonds. The molecule has 5 heteroatoms. The lowest BCUT2D eigenvalue weighted by atomic mass is 10.2. The first-order chi connectivity index (χ1) is 6.61. The Kier molecular flexibility index (Phi) is 2.55. The molecule has 0 fully saturated rings. The summed E-state index contributed by atoms with van der Waals surface area (Å²) in [6, 6.07) is 5.59. The largest absolute Gasteiger partial charge is 0.477 e. The molecule has 1 aromatic carbocycles. The van der Waals surface area contributed by atoms with Gasteiger partial charge in [0, 0.05) is 15.0 Å². The van der Waals surface area contributed by atoms with Crippen LogP contribution in [0.4, 0.5) is 0 Å². The summed E-state index contributed by atoms with van der Waals surface area (Å²) in [5, 5.41) is 9.79. The zero-order chi connectivity index (χ0) is 10.3. The molecule has 0 saturated heterocycles. The predicted molar refractivity (Wildman–Crippen MR) is 63.7 cm³/mol. The van der Waals surface area contributed by atoms with Gasteiger partial charge in [0.05, 0.1) is 4.47 Å². The van der Waals surface area contributed by atoms with Crippen LogP contribution in [0.2, 0.25) is 0 Å². The molecule has 0 unspecified atom stereocenters. The Bertz CT molecular complexity index is 519. The second kappa shape index (κ2) is 3.56. The van der Waals surface area contributed by atoms with E-state index in [-0.39, 0.29) is 0 Å². The average Bonchev–Trinajstić information content (AvgIpc) is 2.45. The second-order valence-electron chi connectivity index (χ2n) is 2.70. The van der Waals surface area contributed by atoms with Crippen LogP contribution < -0.4 is 0 Å². The molecule has 2 rings (SSSR count). The Labute approximate surface area is 98.1 Å². The maximum absolute atomic E-state index is 10.9. The summed E-state index contributed by atoms with van der Waals surface area (Å²) in [6.45, 7) is 0. The molecule has 0 aliphatic rings. The highest BCUT2D eigenvalue weighted by atomic mass is 79.9. The predicted octanol–water partition coefficient (Wildman–Crippen LogP) is 3.65. The van der Waals surface area contributed by atoms with Gasteiger partial charge in [-0.2, -0.15) is 0 Å². The van der Waals surface area contributed by atoms with Gasteiger partial charge in [0.2, 0.25) is 0 Å². The van der Waals surface area contributed by atoms with Crippen LogP contribution in [0.25, 0.3) is 10.1 Å². The fourth-order valence-corrected chi connectivity index (χ4v) is 3.71. The Morgan fingerprint density at radius 2 is 2.21 bits per heavy atom. The Balaban J connectivity index is 2.87. The summed E-state index contributed by atoms with van der Waals surface area (Å²) < 4.78 is 1.55. The van der Waals surface area contributed by atoms with Crippen LogP contribution in [-0.4, -0.2) is 11.1 Å². The van der Waals surface area contributed by atoms with Crippen LogP contribution in [0.15, 0.2) is 27.6 Å². The van der Waals surface area contributed by atoms with Gasteiger partial charge in [0.1, 0.15) is 4.88 Å². The van der Waals surface area contributed by atoms with Gasteiger partial charge < -0.3 is 5.11 Å². The SMILES string of the molecule is O=C(O)c1sc2cccc(S)c2c1Br. The second-order valence-corrected chi connectivity index (χ2v) is 5.03. The van der Waals surface area contributed by atoms with Crippen molar-refractivity contribution >= 4 is 56.0 Å². The van der Waals surface area contributed by atoms with E-state index in [2.05, 4.69) is 28.6 Å². The lowest BCUT2D eigenvalue weighted by Crippen LogP contribution is -1.91. The molecule has 2 nitrogen and oxygen atoms in total. The van der Waals surface area contributed by atoms with Crippen molar-refractivity contribution < 1.29 is 9.90 Å². The maximum atomic E-state index is 10.9. The average molecular weight is 289 g/mol. The highest BCUT2D eigenvalue weighted by molar-refractivity contribution is 9.10. The third-order valence-electron chi connectivity index (χ3n) is 1.83. The first-order valence-electron chi connectivity index (χ1n) is 3.74. The number of thiol groups is 1. The van der Waals surface area contributed by atoms with Crippen molar-refractivity contribution in [3.63, 3.8) is 0 Å². The van der Waals surface area contributed by atoms with E-state index >= 15 is 0 Å². The Hall–Kier alpha value is -0.520. The number of aromatic carboxylic acids is 1. The molecule has 0 spiro atoms. The molecule has 0 atom stereocenters. The zero-order valence-corrected chi connectivity index (χ0v) is 10.1. The van der Waals surface area contributed by atoms with E-state index in [4.69, 9.17) is 5.11 Å². The lowest BCUT2D eigenvalue weighted by molar-refractivity contribution is 0.0701. The number of hydrogen-bond acceptors (Lipinski definition) is 3. The number of rotatable bonds is 1. The van der Waals surface area contributed by atoms with Gasteiger partial charge in [-0.05, 0) is 28.1 Å². The minimum Gasteiger partial charge on any atom is -0.477 e. The fraction of sp³-hybridized carbons (Fsp3) is 0. The van der Waals surface area contributed by atoms with Crippen molar-refractivity contribution in [3.05, 3.63) is 27.5 Å². The van der Waals surface area contributed by atoms with E-state index in [1.807, 2.05) is 18.2 Å². The molecule has 0 aliphatic carbocycles. The number of carboxylic acid groups (broad SMARTS) is 1. The van der Waals surface area contributed by atoms with Crippen molar-refractivity contribution in [2.75, 3.05) is 0 Å². The van der Waals surface area contributed by atoms with Gasteiger partial charge in [-0.15, -0.1) is 24.0 Å². The first kappa shape index (κ1) is 10.0. The fourth-order valence-electron chi connectivity index (χ4n) is 1.23. The molecule has 0 radical (unpaired) electrons. The van der Waals surface area contributed by atoms with Crippen molar-refractivity contribution in [1.29, 1.82) is 0 Å². The van der Waals surface area contributed by atoms with Gasteiger partial charge >= 0.3 is 5.97 Å². The van der Waals surface area contributed by atoms with Crippen LogP contribution in [0, 0.1) is 0 Å². The van der Waals surface area contributed by atoms with Crippen molar-refractivity contribution in [2.45, 2.75) is 4.90 Å². The van der Waals surface area contributed by atoms with E-state index in [0.717, 1.165) is 15.0 Å².